The second-order valence-corrected chi connectivity index (χ2v) is 16.6. The summed E-state index contributed by atoms with van der Waals surface area (Å²) < 4.78 is 2.30. The molecule has 1 aliphatic rings. The van der Waals surface area contributed by atoms with Crippen LogP contribution in [0.4, 0.5) is 0 Å². The maximum absolute atomic E-state index is 5.07. The van der Waals surface area contributed by atoms with Crippen LogP contribution in [-0.2, 0) is 0 Å². The number of benzene rings is 7. The second kappa shape index (κ2) is 12.7. The van der Waals surface area contributed by atoms with Gasteiger partial charge in [-0.3, -0.25) is 4.57 Å². The van der Waals surface area contributed by atoms with Crippen molar-refractivity contribution in [2.45, 2.75) is 0 Å². The summed E-state index contributed by atoms with van der Waals surface area (Å²) in [6, 6.07) is 68.5. The number of aliphatic imine (C=N–C) groups is 1. The molecule has 8 aromatic rings. The lowest BCUT2D eigenvalue weighted by Gasteiger charge is -2.34. The summed E-state index contributed by atoms with van der Waals surface area (Å²) in [5.41, 5.74) is 6.88. The Labute approximate surface area is 293 Å². The number of rotatable bonds is 6. The average molecular weight is 658 g/mol. The topological polar surface area (TPSA) is 29.3 Å². The smallest absolute Gasteiger partial charge is 0.208 e. The number of para-hydroxylation sites is 1. The van der Waals surface area contributed by atoms with Crippen molar-refractivity contribution >= 4 is 62.3 Å². The number of hydrogen-bond donors (Lipinski definition) is 1. The van der Waals surface area contributed by atoms with Gasteiger partial charge in [0.25, 0.3) is 0 Å². The van der Waals surface area contributed by atoms with Crippen LogP contribution in [0.1, 0.15) is 5.56 Å². The Kier molecular flexibility index (Phi) is 7.56. The molecule has 0 radical (unpaired) electrons. The zero-order valence-electron chi connectivity index (χ0n) is 27.6. The molecule has 0 fully saturated rings. The first-order valence-electron chi connectivity index (χ1n) is 17.2. The molecule has 0 saturated carbocycles. The van der Waals surface area contributed by atoms with Gasteiger partial charge < -0.3 is 5.32 Å². The van der Waals surface area contributed by atoms with Crippen LogP contribution in [-0.4, -0.2) is 25.1 Å². The van der Waals surface area contributed by atoms with E-state index >= 15 is 0 Å². The SMILES string of the molecule is C1=C(c2cccc([Si](c3ccccc3)(c3ccccc3)c3ccccc3)c2)NC(n2c3ccccc3c3ccc(-c4ccccc4)cc32)=NC1. The van der Waals surface area contributed by atoms with Crippen LogP contribution in [0.3, 0.4) is 0 Å². The molecular weight excluding hydrogens is 623 g/mol. The van der Waals surface area contributed by atoms with Crippen molar-refractivity contribution in [3.63, 3.8) is 0 Å². The highest BCUT2D eigenvalue weighted by molar-refractivity contribution is 7.19. The van der Waals surface area contributed by atoms with Crippen molar-refractivity contribution in [1.29, 1.82) is 0 Å². The summed E-state index contributed by atoms with van der Waals surface area (Å²) in [5, 5.41) is 11.7. The van der Waals surface area contributed by atoms with Crippen molar-refractivity contribution in [2.75, 3.05) is 6.54 Å². The van der Waals surface area contributed by atoms with Gasteiger partial charge in [0, 0.05) is 16.5 Å². The Morgan fingerprint density at radius 2 is 0.980 bits per heavy atom. The first kappa shape index (κ1) is 29.9. The molecule has 4 heteroatoms. The van der Waals surface area contributed by atoms with E-state index in [1.807, 2.05) is 0 Å². The predicted octanol–water partition coefficient (Wildman–Crippen LogP) is 7.69. The zero-order valence-corrected chi connectivity index (χ0v) is 28.6. The Morgan fingerprint density at radius 1 is 0.440 bits per heavy atom. The van der Waals surface area contributed by atoms with Gasteiger partial charge in [-0.05, 0) is 55.6 Å². The molecule has 1 aliphatic heterocycles. The molecule has 0 aliphatic carbocycles. The van der Waals surface area contributed by atoms with Crippen molar-refractivity contribution < 1.29 is 0 Å². The third-order valence-corrected chi connectivity index (χ3v) is 14.8. The maximum atomic E-state index is 5.07. The van der Waals surface area contributed by atoms with Gasteiger partial charge in [-0.1, -0.05) is 176 Å². The number of aromatic nitrogens is 1. The fourth-order valence-electron chi connectivity index (χ4n) is 7.74. The third kappa shape index (κ3) is 5.00. The van der Waals surface area contributed by atoms with Crippen molar-refractivity contribution in [3.8, 4) is 11.1 Å². The molecule has 0 unspecified atom stereocenters. The van der Waals surface area contributed by atoms with Gasteiger partial charge in [0.2, 0.25) is 5.96 Å². The molecule has 0 spiro atoms. The van der Waals surface area contributed by atoms with E-state index in [0.29, 0.717) is 6.54 Å². The normalized spacial score (nSPS) is 13.1. The van der Waals surface area contributed by atoms with E-state index in [1.54, 1.807) is 0 Å². The quantitative estimate of drug-likeness (QED) is 0.144. The molecule has 50 heavy (non-hydrogen) atoms. The highest BCUT2D eigenvalue weighted by Gasteiger charge is 2.41. The monoisotopic (exact) mass is 657 g/mol. The molecule has 2 heterocycles. The van der Waals surface area contributed by atoms with Gasteiger partial charge in [-0.2, -0.15) is 0 Å². The summed E-state index contributed by atoms with van der Waals surface area (Å²) in [4.78, 5) is 5.07. The second-order valence-electron chi connectivity index (χ2n) is 12.8. The van der Waals surface area contributed by atoms with Crippen LogP contribution in [0, 0.1) is 0 Å². The van der Waals surface area contributed by atoms with Crippen LogP contribution in [0.5, 0.6) is 0 Å². The Bertz CT molecular complexity index is 2420. The number of nitrogens with zero attached hydrogens (tertiary/aromatic N) is 2. The lowest BCUT2D eigenvalue weighted by molar-refractivity contribution is 1.04. The third-order valence-electron chi connectivity index (χ3n) is 10.0. The fourth-order valence-corrected chi connectivity index (χ4v) is 12.5. The van der Waals surface area contributed by atoms with E-state index in [4.69, 9.17) is 4.99 Å². The van der Waals surface area contributed by atoms with E-state index in [0.717, 1.165) is 28.3 Å². The fraction of sp³-hybridized carbons (Fsp3) is 0.0217. The molecule has 0 bridgehead atoms. The van der Waals surface area contributed by atoms with Gasteiger partial charge in [0.05, 0.1) is 17.6 Å². The molecule has 9 rings (SSSR count). The van der Waals surface area contributed by atoms with Gasteiger partial charge in [0.15, 0.2) is 8.07 Å². The number of nitrogens with one attached hydrogen (secondary N) is 1. The minimum absolute atomic E-state index is 0.590. The highest BCUT2D eigenvalue weighted by Crippen LogP contribution is 2.33. The van der Waals surface area contributed by atoms with Crippen molar-refractivity contribution in [2.24, 2.45) is 4.99 Å². The summed E-state index contributed by atoms with van der Waals surface area (Å²) in [7, 11) is -2.67. The van der Waals surface area contributed by atoms with Gasteiger partial charge in [-0.15, -0.1) is 0 Å². The standard InChI is InChI=1S/C46H35N3Si/c1-5-16-34(17-6-1)35-28-29-42-41-26-13-14-27-44(41)49(45(42)33-35)46-47-31-30-43(48-46)36-18-15-25-40(32-36)50(37-19-7-2-8-20-37,38-21-9-3-10-22-38)39-23-11-4-12-24-39/h1-30,32-33H,31H2,(H,47,48). The minimum Gasteiger partial charge on any atom is -0.325 e. The number of fused-ring (bicyclic) bond motifs is 3. The van der Waals surface area contributed by atoms with Crippen molar-refractivity contribution in [1.82, 2.24) is 9.88 Å². The van der Waals surface area contributed by atoms with Crippen molar-refractivity contribution in [3.05, 3.63) is 200 Å². The zero-order chi connectivity index (χ0) is 33.3. The van der Waals surface area contributed by atoms with E-state index in [-0.39, 0.29) is 0 Å². The average Bonchev–Trinajstić information content (AvgIpc) is 3.54. The summed E-state index contributed by atoms with van der Waals surface area (Å²) in [6.07, 6.45) is 2.21. The molecule has 1 aromatic heterocycles. The van der Waals surface area contributed by atoms with E-state index in [1.165, 1.54) is 42.6 Å². The first-order valence-corrected chi connectivity index (χ1v) is 19.2. The minimum atomic E-state index is -2.67. The molecular formula is C46H35N3Si. The first-order chi connectivity index (χ1) is 24.8. The number of hydrogen-bond acceptors (Lipinski definition) is 2. The van der Waals surface area contributed by atoms with Crippen LogP contribution >= 0.6 is 0 Å². The molecule has 1 N–H and O–H groups in total. The summed E-state index contributed by atoms with van der Waals surface area (Å²) in [6.45, 7) is 0.590. The largest absolute Gasteiger partial charge is 0.325 e. The molecule has 3 nitrogen and oxygen atoms in total. The van der Waals surface area contributed by atoms with Crippen LogP contribution in [0.15, 0.2) is 199 Å². The Hall–Kier alpha value is -6.23. The van der Waals surface area contributed by atoms with E-state index in [9.17, 15) is 0 Å². The van der Waals surface area contributed by atoms with E-state index < -0.39 is 8.07 Å². The summed E-state index contributed by atoms with van der Waals surface area (Å²) in [5.74, 6) is 0.835. The molecule has 0 atom stereocenters. The Balaban J connectivity index is 1.17. The predicted molar refractivity (Wildman–Crippen MR) is 214 cm³/mol. The van der Waals surface area contributed by atoms with E-state index in [2.05, 4.69) is 204 Å². The molecule has 7 aromatic carbocycles. The van der Waals surface area contributed by atoms with Crippen LogP contribution < -0.4 is 26.1 Å². The molecule has 0 saturated heterocycles. The van der Waals surface area contributed by atoms with Gasteiger partial charge >= 0.3 is 0 Å². The van der Waals surface area contributed by atoms with Crippen LogP contribution in [0.2, 0.25) is 0 Å². The highest BCUT2D eigenvalue weighted by atomic mass is 28.3. The lowest BCUT2D eigenvalue weighted by Crippen LogP contribution is -2.74. The summed E-state index contributed by atoms with van der Waals surface area (Å²) >= 11 is 0. The maximum Gasteiger partial charge on any atom is 0.208 e. The van der Waals surface area contributed by atoms with Crippen LogP contribution in [0.25, 0.3) is 38.6 Å². The lowest BCUT2D eigenvalue weighted by atomic mass is 10.0. The Morgan fingerprint density at radius 3 is 1.64 bits per heavy atom. The van der Waals surface area contributed by atoms with Gasteiger partial charge in [0.1, 0.15) is 0 Å². The molecule has 0 amide bonds. The molecule has 238 valence electrons. The van der Waals surface area contributed by atoms with Gasteiger partial charge in [-0.25, -0.2) is 4.99 Å².